The third kappa shape index (κ3) is 5.87. The quantitative estimate of drug-likeness (QED) is 0.238. The lowest BCUT2D eigenvalue weighted by molar-refractivity contribution is 0.567. The highest BCUT2D eigenvalue weighted by molar-refractivity contribution is 7.89. The molecule has 4 aromatic rings. The van der Waals surface area contributed by atoms with Crippen LogP contribution in [0.15, 0.2) is 108 Å². The van der Waals surface area contributed by atoms with E-state index in [0.29, 0.717) is 5.52 Å². The maximum Gasteiger partial charge on any atom is 0.243 e. The molecule has 0 spiro atoms. The van der Waals surface area contributed by atoms with Crippen molar-refractivity contribution in [3.63, 3.8) is 0 Å². The molecule has 35 heavy (non-hydrogen) atoms. The minimum absolute atomic E-state index is 0.202. The minimum atomic E-state index is -3.84. The topological polar surface area (TPSA) is 59.1 Å². The Morgan fingerprint density at radius 2 is 1.57 bits per heavy atom. The second-order valence-corrected chi connectivity index (χ2v) is 10.4. The number of hydrogen-bond acceptors (Lipinski definition) is 3. The van der Waals surface area contributed by atoms with Crippen LogP contribution in [-0.2, 0) is 10.0 Å². The number of pyridine rings is 1. The number of rotatable bonds is 10. The highest BCUT2D eigenvalue weighted by atomic mass is 32.2. The molecule has 0 amide bonds. The Morgan fingerprint density at radius 1 is 0.857 bits per heavy atom. The number of nitrogens with one attached hydrogen (secondary N) is 1. The number of sulfonamides is 1. The van der Waals surface area contributed by atoms with Gasteiger partial charge in [-0.2, -0.15) is 4.72 Å². The summed E-state index contributed by atoms with van der Waals surface area (Å²) in [6, 6.07) is 26.9. The number of aromatic nitrogens is 1. The van der Waals surface area contributed by atoms with Crippen LogP contribution in [0.4, 0.5) is 0 Å². The first-order valence-corrected chi connectivity index (χ1v) is 13.7. The van der Waals surface area contributed by atoms with E-state index in [-0.39, 0.29) is 4.90 Å². The fourth-order valence-corrected chi connectivity index (χ4v) is 5.76. The average molecular weight is 485 g/mol. The van der Waals surface area contributed by atoms with Gasteiger partial charge in [0, 0.05) is 11.6 Å². The van der Waals surface area contributed by atoms with Crippen molar-refractivity contribution < 1.29 is 8.42 Å². The molecule has 1 unspecified atom stereocenters. The fourth-order valence-electron chi connectivity index (χ4n) is 4.35. The molecule has 0 saturated carbocycles. The summed E-state index contributed by atoms with van der Waals surface area (Å²) in [4.78, 5) is 4.57. The molecule has 1 heterocycles. The van der Waals surface area contributed by atoms with Gasteiger partial charge in [-0.1, -0.05) is 111 Å². The standard InChI is InChI=1S/C30H32N2O2S/c1-3-5-12-25(11-4-2)29(27-20-18-24(19-21-27)23-13-7-6-8-14-23)32-35(33,34)28-17-9-15-26-16-10-22-31-30(26)28/h6-10,12-22,29,32H,3-5,11H2,1-2H3/b25-12+. The van der Waals surface area contributed by atoms with Crippen LogP contribution in [0.5, 0.6) is 0 Å². The van der Waals surface area contributed by atoms with Gasteiger partial charge in [-0.3, -0.25) is 4.98 Å². The first kappa shape index (κ1) is 24.8. The fraction of sp³-hybridized carbons (Fsp3) is 0.233. The van der Waals surface area contributed by atoms with Gasteiger partial charge in [0.1, 0.15) is 4.90 Å². The zero-order valence-corrected chi connectivity index (χ0v) is 21.1. The van der Waals surface area contributed by atoms with Crippen molar-refractivity contribution in [2.24, 2.45) is 0 Å². The average Bonchev–Trinajstić information content (AvgIpc) is 2.90. The van der Waals surface area contributed by atoms with Crippen molar-refractivity contribution in [3.05, 3.63) is 108 Å². The third-order valence-corrected chi connectivity index (χ3v) is 7.57. The van der Waals surface area contributed by atoms with Crippen LogP contribution in [0.1, 0.15) is 51.1 Å². The first-order valence-electron chi connectivity index (χ1n) is 12.2. The molecule has 0 aliphatic heterocycles. The van der Waals surface area contributed by atoms with E-state index in [1.807, 2.05) is 48.5 Å². The maximum atomic E-state index is 13.7. The normalized spacial score (nSPS) is 13.1. The van der Waals surface area contributed by atoms with E-state index in [4.69, 9.17) is 0 Å². The molecule has 0 radical (unpaired) electrons. The highest BCUT2D eigenvalue weighted by Gasteiger charge is 2.26. The molecule has 3 aromatic carbocycles. The molecule has 0 aliphatic rings. The first-order chi connectivity index (χ1) is 17.0. The molecule has 4 rings (SSSR count). The number of allylic oxidation sites excluding steroid dienone is 1. The van der Waals surface area contributed by atoms with Crippen LogP contribution in [0.3, 0.4) is 0 Å². The Bertz CT molecular complexity index is 1390. The van der Waals surface area contributed by atoms with Crippen molar-refractivity contribution in [2.75, 3.05) is 0 Å². The number of para-hydroxylation sites is 1. The van der Waals surface area contributed by atoms with Gasteiger partial charge in [0.2, 0.25) is 10.0 Å². The summed E-state index contributed by atoms with van der Waals surface area (Å²) in [6.07, 6.45) is 7.50. The van der Waals surface area contributed by atoms with Crippen LogP contribution in [-0.4, -0.2) is 13.4 Å². The predicted molar refractivity (Wildman–Crippen MR) is 145 cm³/mol. The number of nitrogens with zero attached hydrogens (tertiary/aromatic N) is 1. The number of hydrogen-bond donors (Lipinski definition) is 1. The Balaban J connectivity index is 1.76. The molecule has 0 aliphatic carbocycles. The molecule has 4 nitrogen and oxygen atoms in total. The molecule has 0 fully saturated rings. The molecule has 1 aromatic heterocycles. The van der Waals surface area contributed by atoms with Crippen molar-refractivity contribution in [3.8, 4) is 11.1 Å². The van der Waals surface area contributed by atoms with Gasteiger partial charge >= 0.3 is 0 Å². The second-order valence-electron chi connectivity index (χ2n) is 8.69. The monoisotopic (exact) mass is 484 g/mol. The lowest BCUT2D eigenvalue weighted by Gasteiger charge is -2.23. The van der Waals surface area contributed by atoms with Crippen molar-refractivity contribution >= 4 is 20.9 Å². The van der Waals surface area contributed by atoms with Gasteiger partial charge in [-0.15, -0.1) is 0 Å². The summed E-state index contributed by atoms with van der Waals surface area (Å²) >= 11 is 0. The minimum Gasteiger partial charge on any atom is -0.255 e. The molecule has 1 N–H and O–H groups in total. The Kier molecular flexibility index (Phi) is 8.11. The maximum absolute atomic E-state index is 13.7. The molecule has 180 valence electrons. The van der Waals surface area contributed by atoms with Crippen LogP contribution in [0.25, 0.3) is 22.0 Å². The summed E-state index contributed by atoms with van der Waals surface area (Å²) in [5, 5.41) is 0.800. The molecule has 0 bridgehead atoms. The molecule has 5 heteroatoms. The van der Waals surface area contributed by atoms with E-state index in [1.54, 1.807) is 18.3 Å². The largest absolute Gasteiger partial charge is 0.255 e. The molecule has 0 saturated heterocycles. The van der Waals surface area contributed by atoms with Gasteiger partial charge in [0.25, 0.3) is 0 Å². The summed E-state index contributed by atoms with van der Waals surface area (Å²) in [5.41, 5.74) is 4.74. The highest BCUT2D eigenvalue weighted by Crippen LogP contribution is 2.31. The summed E-state index contributed by atoms with van der Waals surface area (Å²) < 4.78 is 30.5. The van der Waals surface area contributed by atoms with Crippen LogP contribution in [0.2, 0.25) is 0 Å². The summed E-state index contributed by atoms with van der Waals surface area (Å²) in [7, 11) is -3.84. The lowest BCUT2D eigenvalue weighted by atomic mass is 9.93. The number of benzene rings is 3. The Morgan fingerprint density at radius 3 is 2.29 bits per heavy atom. The smallest absolute Gasteiger partial charge is 0.243 e. The van der Waals surface area contributed by atoms with E-state index < -0.39 is 16.1 Å². The number of fused-ring (bicyclic) bond motifs is 1. The summed E-state index contributed by atoms with van der Waals surface area (Å²) in [5.74, 6) is 0. The van der Waals surface area contributed by atoms with Crippen LogP contribution >= 0.6 is 0 Å². The van der Waals surface area contributed by atoms with Crippen LogP contribution in [0, 0.1) is 0 Å². The van der Waals surface area contributed by atoms with E-state index in [1.165, 1.54) is 0 Å². The van der Waals surface area contributed by atoms with Gasteiger partial charge < -0.3 is 0 Å². The lowest BCUT2D eigenvalue weighted by Crippen LogP contribution is -2.30. The van der Waals surface area contributed by atoms with E-state index in [9.17, 15) is 8.42 Å². The SMILES string of the molecule is CCC/C=C(\CCC)C(NS(=O)(=O)c1cccc2cccnc12)c1ccc(-c2ccccc2)cc1. The Hall–Kier alpha value is -3.28. The predicted octanol–water partition coefficient (Wildman–Crippen LogP) is 7.45. The number of unbranched alkanes of at least 4 members (excludes halogenated alkanes) is 1. The zero-order chi connectivity index (χ0) is 24.7. The molecule has 1 atom stereocenters. The van der Waals surface area contributed by atoms with Gasteiger partial charge in [-0.25, -0.2) is 8.42 Å². The molecular weight excluding hydrogens is 452 g/mol. The van der Waals surface area contributed by atoms with E-state index >= 15 is 0 Å². The third-order valence-electron chi connectivity index (χ3n) is 6.11. The zero-order valence-electron chi connectivity index (χ0n) is 20.3. The summed E-state index contributed by atoms with van der Waals surface area (Å²) in [6.45, 7) is 4.26. The van der Waals surface area contributed by atoms with Crippen LogP contribution < -0.4 is 4.72 Å². The van der Waals surface area contributed by atoms with Crippen molar-refractivity contribution in [1.29, 1.82) is 0 Å². The van der Waals surface area contributed by atoms with Gasteiger partial charge in [-0.05, 0) is 41.7 Å². The Labute approximate surface area is 208 Å². The van der Waals surface area contributed by atoms with E-state index in [2.05, 4.69) is 53.9 Å². The second kappa shape index (κ2) is 11.4. The van der Waals surface area contributed by atoms with Crippen molar-refractivity contribution in [2.45, 2.75) is 50.5 Å². The van der Waals surface area contributed by atoms with Gasteiger partial charge in [0.05, 0.1) is 11.6 Å². The molecular formula is C30H32N2O2S. The van der Waals surface area contributed by atoms with Crippen molar-refractivity contribution in [1.82, 2.24) is 9.71 Å². The van der Waals surface area contributed by atoms with Gasteiger partial charge in [0.15, 0.2) is 0 Å². The van der Waals surface area contributed by atoms with E-state index in [0.717, 1.165) is 53.3 Å².